The lowest BCUT2D eigenvalue weighted by Gasteiger charge is -2.28. The molecule has 0 radical (unpaired) electrons. The largest absolute Gasteiger partial charge is 0.333 e. The first-order chi connectivity index (χ1) is 7.83. The minimum atomic E-state index is 0.536. The first-order valence-corrected chi connectivity index (χ1v) is 6.54. The predicted molar refractivity (Wildman–Crippen MR) is 68.5 cm³/mol. The van der Waals surface area contributed by atoms with Gasteiger partial charge in [-0.25, -0.2) is 4.98 Å². The number of nitrogens with zero attached hydrogens (tertiary/aromatic N) is 2. The second kappa shape index (κ2) is 7.44. The van der Waals surface area contributed by atoms with Crippen molar-refractivity contribution < 1.29 is 0 Å². The number of hydrogen-bond donors (Lipinski definition) is 1. The van der Waals surface area contributed by atoms with E-state index in [0.29, 0.717) is 12.1 Å². The fourth-order valence-electron chi connectivity index (χ4n) is 2.24. The topological polar surface area (TPSA) is 29.9 Å². The molecule has 0 bridgehead atoms. The lowest BCUT2D eigenvalue weighted by atomic mass is 10.0. The quantitative estimate of drug-likeness (QED) is 0.734. The molecule has 0 aliphatic carbocycles. The van der Waals surface area contributed by atoms with Crippen LogP contribution in [0.1, 0.15) is 52.5 Å². The number of aromatic nitrogens is 2. The smallest absolute Gasteiger partial charge is 0.0949 e. The summed E-state index contributed by atoms with van der Waals surface area (Å²) in [6.07, 6.45) is 10.7. The van der Waals surface area contributed by atoms with Crippen LogP contribution in [0.25, 0.3) is 0 Å². The third-order valence-corrected chi connectivity index (χ3v) is 3.05. The number of rotatable bonds is 8. The number of hydrogen-bond acceptors (Lipinski definition) is 2. The van der Waals surface area contributed by atoms with Gasteiger partial charge in [0.25, 0.3) is 0 Å². The van der Waals surface area contributed by atoms with Crippen LogP contribution in [-0.2, 0) is 0 Å². The Bertz CT molecular complexity index is 256. The lowest BCUT2D eigenvalue weighted by Crippen LogP contribution is -2.37. The maximum atomic E-state index is 4.15. The maximum Gasteiger partial charge on any atom is 0.0949 e. The van der Waals surface area contributed by atoms with Gasteiger partial charge in [-0.2, -0.15) is 0 Å². The van der Waals surface area contributed by atoms with Crippen LogP contribution in [-0.4, -0.2) is 22.1 Å². The van der Waals surface area contributed by atoms with Crippen LogP contribution >= 0.6 is 0 Å². The van der Waals surface area contributed by atoms with Crippen LogP contribution in [0.5, 0.6) is 0 Å². The van der Waals surface area contributed by atoms with Gasteiger partial charge in [0.1, 0.15) is 0 Å². The second-order valence-corrected chi connectivity index (χ2v) is 4.33. The third kappa shape index (κ3) is 3.63. The minimum absolute atomic E-state index is 0.536. The molecule has 1 N–H and O–H groups in total. The Morgan fingerprint density at radius 2 is 2.06 bits per heavy atom. The zero-order chi connectivity index (χ0) is 11.8. The van der Waals surface area contributed by atoms with E-state index in [2.05, 4.69) is 41.8 Å². The van der Waals surface area contributed by atoms with Gasteiger partial charge in [0.2, 0.25) is 0 Å². The van der Waals surface area contributed by atoms with E-state index in [1.165, 1.54) is 19.3 Å². The molecule has 16 heavy (non-hydrogen) atoms. The molecule has 3 heteroatoms. The average molecular weight is 223 g/mol. The van der Waals surface area contributed by atoms with Gasteiger partial charge < -0.3 is 9.88 Å². The minimum Gasteiger partial charge on any atom is -0.333 e. The SMILES string of the molecule is CCCNC(CCC)C(CC)n1ccnc1. The molecule has 0 aliphatic rings. The molecule has 0 fully saturated rings. The molecule has 1 heterocycles. The highest BCUT2D eigenvalue weighted by Crippen LogP contribution is 2.19. The number of nitrogens with one attached hydrogen (secondary N) is 1. The molecule has 2 unspecified atom stereocenters. The normalized spacial score (nSPS) is 14.9. The van der Waals surface area contributed by atoms with Crippen molar-refractivity contribution in [2.45, 2.75) is 58.5 Å². The molecule has 2 atom stereocenters. The van der Waals surface area contributed by atoms with Crippen molar-refractivity contribution in [1.29, 1.82) is 0 Å². The van der Waals surface area contributed by atoms with Crippen molar-refractivity contribution >= 4 is 0 Å². The van der Waals surface area contributed by atoms with Gasteiger partial charge >= 0.3 is 0 Å². The zero-order valence-corrected chi connectivity index (χ0v) is 10.8. The Balaban J connectivity index is 2.65. The molecule has 0 saturated heterocycles. The highest BCUT2D eigenvalue weighted by atomic mass is 15.1. The van der Waals surface area contributed by atoms with Gasteiger partial charge in [-0.05, 0) is 25.8 Å². The van der Waals surface area contributed by atoms with Crippen molar-refractivity contribution in [1.82, 2.24) is 14.9 Å². The van der Waals surface area contributed by atoms with Crippen molar-refractivity contribution in [3.8, 4) is 0 Å². The van der Waals surface area contributed by atoms with Crippen LogP contribution in [0, 0.1) is 0 Å². The summed E-state index contributed by atoms with van der Waals surface area (Å²) < 4.78 is 2.24. The molecule has 0 amide bonds. The molecule has 1 aromatic heterocycles. The summed E-state index contributed by atoms with van der Waals surface area (Å²) in [6.45, 7) is 7.83. The zero-order valence-electron chi connectivity index (χ0n) is 10.8. The summed E-state index contributed by atoms with van der Waals surface area (Å²) in [4.78, 5) is 4.15. The van der Waals surface area contributed by atoms with Gasteiger partial charge in [0, 0.05) is 24.5 Å². The van der Waals surface area contributed by atoms with Crippen molar-refractivity contribution in [2.24, 2.45) is 0 Å². The Kier molecular flexibility index (Phi) is 6.16. The van der Waals surface area contributed by atoms with E-state index in [-0.39, 0.29) is 0 Å². The summed E-state index contributed by atoms with van der Waals surface area (Å²) >= 11 is 0. The first-order valence-electron chi connectivity index (χ1n) is 6.54. The lowest BCUT2D eigenvalue weighted by molar-refractivity contribution is 0.321. The Labute approximate surface area is 99.3 Å². The van der Waals surface area contributed by atoms with Gasteiger partial charge in [-0.15, -0.1) is 0 Å². The predicted octanol–water partition coefficient (Wildman–Crippen LogP) is 3.00. The Morgan fingerprint density at radius 3 is 2.56 bits per heavy atom. The van der Waals surface area contributed by atoms with Crippen LogP contribution < -0.4 is 5.32 Å². The van der Waals surface area contributed by atoms with Gasteiger partial charge in [-0.1, -0.05) is 27.2 Å². The van der Waals surface area contributed by atoms with E-state index < -0.39 is 0 Å². The fraction of sp³-hybridized carbons (Fsp3) is 0.769. The molecule has 1 rings (SSSR count). The van der Waals surface area contributed by atoms with E-state index in [4.69, 9.17) is 0 Å². The summed E-state index contributed by atoms with van der Waals surface area (Å²) in [5.41, 5.74) is 0. The molecule has 0 saturated carbocycles. The van der Waals surface area contributed by atoms with Gasteiger partial charge in [0.15, 0.2) is 0 Å². The van der Waals surface area contributed by atoms with Crippen molar-refractivity contribution in [3.05, 3.63) is 18.7 Å². The summed E-state index contributed by atoms with van der Waals surface area (Å²) in [5.74, 6) is 0. The highest BCUT2D eigenvalue weighted by Gasteiger charge is 2.19. The fourth-order valence-corrected chi connectivity index (χ4v) is 2.24. The molecule has 0 aromatic carbocycles. The van der Waals surface area contributed by atoms with Crippen LogP contribution in [0.4, 0.5) is 0 Å². The van der Waals surface area contributed by atoms with E-state index >= 15 is 0 Å². The van der Waals surface area contributed by atoms with E-state index in [9.17, 15) is 0 Å². The summed E-state index contributed by atoms with van der Waals surface area (Å²) in [5, 5.41) is 3.66. The van der Waals surface area contributed by atoms with Crippen LogP contribution in [0.2, 0.25) is 0 Å². The molecule has 1 aromatic rings. The maximum absolute atomic E-state index is 4.15. The van der Waals surface area contributed by atoms with Gasteiger partial charge in [0.05, 0.1) is 6.33 Å². The molecule has 0 spiro atoms. The van der Waals surface area contributed by atoms with E-state index in [0.717, 1.165) is 13.0 Å². The Hall–Kier alpha value is -0.830. The summed E-state index contributed by atoms with van der Waals surface area (Å²) in [7, 11) is 0. The molecule has 0 aliphatic heterocycles. The average Bonchev–Trinajstić information content (AvgIpc) is 2.80. The Morgan fingerprint density at radius 1 is 1.25 bits per heavy atom. The van der Waals surface area contributed by atoms with E-state index in [1.807, 2.05) is 12.5 Å². The first kappa shape index (κ1) is 13.2. The van der Waals surface area contributed by atoms with Gasteiger partial charge in [-0.3, -0.25) is 0 Å². The van der Waals surface area contributed by atoms with Crippen LogP contribution in [0.15, 0.2) is 18.7 Å². The highest BCUT2D eigenvalue weighted by molar-refractivity contribution is 4.86. The van der Waals surface area contributed by atoms with Crippen molar-refractivity contribution in [3.63, 3.8) is 0 Å². The molecular weight excluding hydrogens is 198 g/mol. The second-order valence-electron chi connectivity index (χ2n) is 4.33. The molecule has 92 valence electrons. The van der Waals surface area contributed by atoms with Crippen LogP contribution in [0.3, 0.4) is 0 Å². The van der Waals surface area contributed by atoms with Crippen molar-refractivity contribution in [2.75, 3.05) is 6.54 Å². The summed E-state index contributed by atoms with van der Waals surface area (Å²) in [6, 6.07) is 1.11. The standard InChI is InChI=1S/C13H25N3/c1-4-7-12(15-8-5-2)13(6-3)16-10-9-14-11-16/h9-13,15H,4-8H2,1-3H3. The third-order valence-electron chi connectivity index (χ3n) is 3.05. The molecular formula is C13H25N3. The van der Waals surface area contributed by atoms with E-state index in [1.54, 1.807) is 0 Å². The monoisotopic (exact) mass is 223 g/mol. The molecule has 3 nitrogen and oxygen atoms in total. The number of imidazole rings is 1.